The monoisotopic (exact) mass is 268 g/mol. The highest BCUT2D eigenvalue weighted by Crippen LogP contribution is 2.33. The van der Waals surface area contributed by atoms with Crippen LogP contribution in [0.4, 0.5) is 5.82 Å². The number of carbonyl (C=O) groups excluding carboxylic acids is 1. The molecule has 1 aliphatic heterocycles. The fraction of sp³-hybridized carbons (Fsp3) is 0.412. The van der Waals surface area contributed by atoms with E-state index in [0.717, 1.165) is 35.2 Å². The zero-order chi connectivity index (χ0) is 14.5. The molecule has 0 saturated heterocycles. The third kappa shape index (κ3) is 1.98. The van der Waals surface area contributed by atoms with Gasteiger partial charge in [0.15, 0.2) is 0 Å². The molecule has 3 rings (SSSR count). The highest BCUT2D eigenvalue weighted by atomic mass is 16.2. The van der Waals surface area contributed by atoms with Crippen LogP contribution in [0.25, 0.3) is 10.9 Å². The van der Waals surface area contributed by atoms with Gasteiger partial charge in [-0.05, 0) is 30.5 Å². The molecule has 0 saturated carbocycles. The number of amides is 1. The second-order valence-electron chi connectivity index (χ2n) is 6.57. The number of pyridine rings is 1. The molecule has 1 aromatic carbocycles. The summed E-state index contributed by atoms with van der Waals surface area (Å²) in [5, 5.41) is 1.16. The lowest BCUT2D eigenvalue weighted by Crippen LogP contribution is -2.38. The van der Waals surface area contributed by atoms with Crippen LogP contribution in [0.15, 0.2) is 24.3 Å². The molecule has 20 heavy (non-hydrogen) atoms. The molecule has 0 unspecified atom stereocenters. The molecular weight excluding hydrogens is 248 g/mol. The Kier molecular flexibility index (Phi) is 2.82. The molecule has 1 aliphatic rings. The minimum Gasteiger partial charge on any atom is -0.296 e. The Hall–Kier alpha value is -1.90. The van der Waals surface area contributed by atoms with Crippen LogP contribution in [-0.4, -0.2) is 17.4 Å². The summed E-state index contributed by atoms with van der Waals surface area (Å²) in [6.45, 7) is 8.68. The van der Waals surface area contributed by atoms with Gasteiger partial charge in [-0.25, -0.2) is 4.98 Å². The number of anilines is 1. The quantitative estimate of drug-likeness (QED) is 0.733. The first kappa shape index (κ1) is 13.1. The van der Waals surface area contributed by atoms with Crippen molar-refractivity contribution in [2.24, 2.45) is 5.41 Å². The van der Waals surface area contributed by atoms with Crippen molar-refractivity contribution < 1.29 is 4.79 Å². The second kappa shape index (κ2) is 4.30. The summed E-state index contributed by atoms with van der Waals surface area (Å²) >= 11 is 0. The standard InChI is InChI=1S/C17H20N2O/c1-11-6-5-7-12-10-13-8-9-19(15(13)18-14(11)12)16(20)17(2,3)4/h5-7,10H,8-9H2,1-4H3. The lowest BCUT2D eigenvalue weighted by Gasteiger charge is -2.25. The Morgan fingerprint density at radius 1 is 1.30 bits per heavy atom. The van der Waals surface area contributed by atoms with Crippen LogP contribution in [-0.2, 0) is 11.2 Å². The molecule has 0 spiro atoms. The average Bonchev–Trinajstić information content (AvgIpc) is 2.78. The number of hydrogen-bond acceptors (Lipinski definition) is 2. The van der Waals surface area contributed by atoms with Crippen molar-refractivity contribution in [1.29, 1.82) is 0 Å². The van der Waals surface area contributed by atoms with Crippen molar-refractivity contribution in [3.8, 4) is 0 Å². The van der Waals surface area contributed by atoms with Crippen LogP contribution in [0.5, 0.6) is 0 Å². The maximum Gasteiger partial charge on any atom is 0.233 e. The molecule has 0 fully saturated rings. The number of benzene rings is 1. The summed E-state index contributed by atoms with van der Waals surface area (Å²) in [7, 11) is 0. The third-order valence-corrected chi connectivity index (χ3v) is 3.85. The van der Waals surface area contributed by atoms with Crippen LogP contribution < -0.4 is 4.90 Å². The molecule has 2 aromatic rings. The van der Waals surface area contributed by atoms with Crippen LogP contribution in [0.2, 0.25) is 0 Å². The average molecular weight is 268 g/mol. The van der Waals surface area contributed by atoms with E-state index in [2.05, 4.69) is 31.2 Å². The number of aromatic nitrogens is 1. The van der Waals surface area contributed by atoms with Gasteiger partial charge in [-0.1, -0.05) is 39.0 Å². The molecule has 0 bridgehead atoms. The van der Waals surface area contributed by atoms with Crippen molar-refractivity contribution in [3.63, 3.8) is 0 Å². The molecule has 0 aliphatic carbocycles. The van der Waals surface area contributed by atoms with E-state index in [1.807, 2.05) is 25.7 Å². The summed E-state index contributed by atoms with van der Waals surface area (Å²) in [6.07, 6.45) is 0.897. The molecule has 1 amide bonds. The Morgan fingerprint density at radius 3 is 2.75 bits per heavy atom. The summed E-state index contributed by atoms with van der Waals surface area (Å²) in [5.74, 6) is 1.00. The van der Waals surface area contributed by atoms with Gasteiger partial charge in [0.1, 0.15) is 5.82 Å². The number of carbonyl (C=O) groups is 1. The topological polar surface area (TPSA) is 33.2 Å². The van der Waals surface area contributed by atoms with Crippen molar-refractivity contribution in [1.82, 2.24) is 4.98 Å². The van der Waals surface area contributed by atoms with Crippen molar-refractivity contribution in [2.45, 2.75) is 34.1 Å². The number of hydrogen-bond donors (Lipinski definition) is 0. The van der Waals surface area contributed by atoms with Gasteiger partial charge in [0.25, 0.3) is 0 Å². The Bertz CT molecular complexity index is 698. The smallest absolute Gasteiger partial charge is 0.233 e. The van der Waals surface area contributed by atoms with E-state index in [1.165, 1.54) is 5.56 Å². The number of nitrogens with zero attached hydrogens (tertiary/aromatic N) is 2. The first-order chi connectivity index (χ1) is 9.38. The summed E-state index contributed by atoms with van der Waals surface area (Å²) in [4.78, 5) is 19.2. The summed E-state index contributed by atoms with van der Waals surface area (Å²) in [5.41, 5.74) is 2.96. The van der Waals surface area contributed by atoms with Crippen molar-refractivity contribution >= 4 is 22.6 Å². The molecule has 0 radical (unpaired) electrons. The second-order valence-corrected chi connectivity index (χ2v) is 6.57. The third-order valence-electron chi connectivity index (χ3n) is 3.85. The predicted molar refractivity (Wildman–Crippen MR) is 82.0 cm³/mol. The fourth-order valence-electron chi connectivity index (χ4n) is 2.74. The van der Waals surface area contributed by atoms with E-state index in [0.29, 0.717) is 0 Å². The minimum absolute atomic E-state index is 0.150. The Morgan fingerprint density at radius 2 is 2.05 bits per heavy atom. The molecule has 3 heteroatoms. The van der Waals surface area contributed by atoms with E-state index < -0.39 is 0 Å². The lowest BCUT2D eigenvalue weighted by atomic mass is 9.95. The van der Waals surface area contributed by atoms with Crippen LogP contribution in [0, 0.1) is 12.3 Å². The molecule has 0 atom stereocenters. The SMILES string of the molecule is Cc1cccc2cc3c(nc12)N(C(=O)C(C)(C)C)CC3. The maximum absolute atomic E-state index is 12.5. The van der Waals surface area contributed by atoms with E-state index >= 15 is 0 Å². The van der Waals surface area contributed by atoms with Gasteiger partial charge < -0.3 is 0 Å². The van der Waals surface area contributed by atoms with E-state index in [-0.39, 0.29) is 11.3 Å². The van der Waals surface area contributed by atoms with Crippen molar-refractivity contribution in [3.05, 3.63) is 35.4 Å². The maximum atomic E-state index is 12.5. The Balaban J connectivity index is 2.14. The van der Waals surface area contributed by atoms with Gasteiger partial charge in [0, 0.05) is 17.3 Å². The highest BCUT2D eigenvalue weighted by Gasteiger charge is 2.33. The lowest BCUT2D eigenvalue weighted by molar-refractivity contribution is -0.125. The number of para-hydroxylation sites is 1. The molecular formula is C17H20N2O. The van der Waals surface area contributed by atoms with E-state index in [9.17, 15) is 4.79 Å². The summed E-state index contributed by atoms with van der Waals surface area (Å²) in [6, 6.07) is 8.38. The normalized spacial score (nSPS) is 14.7. The largest absolute Gasteiger partial charge is 0.296 e. The highest BCUT2D eigenvalue weighted by molar-refractivity contribution is 5.99. The van der Waals surface area contributed by atoms with Gasteiger partial charge >= 0.3 is 0 Å². The van der Waals surface area contributed by atoms with Gasteiger partial charge in [0.05, 0.1) is 5.52 Å². The van der Waals surface area contributed by atoms with Gasteiger partial charge in [-0.15, -0.1) is 0 Å². The van der Waals surface area contributed by atoms with E-state index in [4.69, 9.17) is 4.98 Å². The van der Waals surface area contributed by atoms with Gasteiger partial charge in [-0.3, -0.25) is 9.69 Å². The molecule has 3 nitrogen and oxygen atoms in total. The van der Waals surface area contributed by atoms with Crippen LogP contribution >= 0.6 is 0 Å². The minimum atomic E-state index is -0.371. The van der Waals surface area contributed by atoms with Gasteiger partial charge in [0.2, 0.25) is 5.91 Å². The van der Waals surface area contributed by atoms with Crippen molar-refractivity contribution in [2.75, 3.05) is 11.4 Å². The summed E-state index contributed by atoms with van der Waals surface area (Å²) < 4.78 is 0. The molecule has 0 N–H and O–H groups in total. The van der Waals surface area contributed by atoms with Crippen LogP contribution in [0.3, 0.4) is 0 Å². The van der Waals surface area contributed by atoms with Crippen LogP contribution in [0.1, 0.15) is 31.9 Å². The van der Waals surface area contributed by atoms with E-state index in [1.54, 1.807) is 0 Å². The zero-order valence-electron chi connectivity index (χ0n) is 12.5. The Labute approximate surface area is 119 Å². The molecule has 104 valence electrons. The first-order valence-corrected chi connectivity index (χ1v) is 7.09. The molecule has 1 aromatic heterocycles. The number of aryl methyl sites for hydroxylation is 1. The number of rotatable bonds is 0. The zero-order valence-corrected chi connectivity index (χ0v) is 12.5. The predicted octanol–water partition coefficient (Wildman–Crippen LogP) is 3.48. The number of fused-ring (bicyclic) bond motifs is 2. The van der Waals surface area contributed by atoms with Gasteiger partial charge in [-0.2, -0.15) is 0 Å². The molecule has 2 heterocycles. The fourth-order valence-corrected chi connectivity index (χ4v) is 2.74. The first-order valence-electron chi connectivity index (χ1n) is 7.09.